The number of ether oxygens (including phenoxy) is 1. The first-order valence-corrected chi connectivity index (χ1v) is 10.2. The molecule has 3 heterocycles. The van der Waals surface area contributed by atoms with Crippen LogP contribution in [0.5, 0.6) is 0 Å². The number of nitrogen functional groups attached to an aromatic ring is 1. The van der Waals surface area contributed by atoms with E-state index in [4.69, 9.17) is 25.5 Å². The molecule has 1 aromatic carbocycles. The summed E-state index contributed by atoms with van der Waals surface area (Å²) < 4.78 is 7.93. The fourth-order valence-electron chi connectivity index (χ4n) is 3.61. The lowest BCUT2D eigenvalue weighted by atomic mass is 10.2. The van der Waals surface area contributed by atoms with Gasteiger partial charge in [-0.15, -0.1) is 0 Å². The molecular formula is C21H29N7O. The molecule has 1 aliphatic rings. The number of fused-ring (bicyclic) bond motifs is 1. The smallest absolute Gasteiger partial charge is 0.166 e. The highest BCUT2D eigenvalue weighted by molar-refractivity contribution is 5.91. The molecule has 0 radical (unpaired) electrons. The van der Waals surface area contributed by atoms with Gasteiger partial charge in [-0.1, -0.05) is 0 Å². The van der Waals surface area contributed by atoms with Gasteiger partial charge in [-0.05, 0) is 64.5 Å². The standard InChI is InChI=1S/C21H29N7O/c1-14-18-20(23-11-12-27(2)3)24-19(15-7-9-16(22)10-8-15)25-21(18)28(26-14)17-6-4-5-13-29-17/h7-10,17H,4-6,11-13,22H2,1-3H3,(H,23,24,25). The van der Waals surface area contributed by atoms with E-state index in [-0.39, 0.29) is 6.23 Å². The molecular weight excluding hydrogens is 366 g/mol. The molecule has 3 aromatic rings. The quantitative estimate of drug-likeness (QED) is 0.620. The molecule has 1 aliphatic heterocycles. The minimum atomic E-state index is -0.0799. The van der Waals surface area contributed by atoms with Crippen LogP contribution in [0, 0.1) is 6.92 Å². The second kappa shape index (κ2) is 8.34. The Morgan fingerprint density at radius 1 is 1.21 bits per heavy atom. The Balaban J connectivity index is 1.81. The molecule has 1 atom stereocenters. The molecule has 0 spiro atoms. The van der Waals surface area contributed by atoms with Gasteiger partial charge in [0.05, 0.1) is 11.1 Å². The highest BCUT2D eigenvalue weighted by atomic mass is 16.5. The van der Waals surface area contributed by atoms with E-state index in [1.165, 1.54) is 0 Å². The minimum absolute atomic E-state index is 0.0799. The van der Waals surface area contributed by atoms with Gasteiger partial charge >= 0.3 is 0 Å². The van der Waals surface area contributed by atoms with Crippen molar-refractivity contribution in [3.8, 4) is 11.4 Å². The molecule has 3 N–H and O–H groups in total. The van der Waals surface area contributed by atoms with Gasteiger partial charge in [-0.2, -0.15) is 5.10 Å². The first-order chi connectivity index (χ1) is 14.0. The number of likely N-dealkylation sites (N-methyl/N-ethyl adjacent to an activating group) is 1. The number of nitrogens with two attached hydrogens (primary N) is 1. The maximum absolute atomic E-state index is 6.00. The largest absolute Gasteiger partial charge is 0.399 e. The van der Waals surface area contributed by atoms with Crippen LogP contribution in [-0.4, -0.2) is 58.4 Å². The van der Waals surface area contributed by atoms with Gasteiger partial charge in [-0.25, -0.2) is 14.6 Å². The summed E-state index contributed by atoms with van der Waals surface area (Å²) in [6.45, 7) is 4.45. The minimum Gasteiger partial charge on any atom is -0.399 e. The highest BCUT2D eigenvalue weighted by Gasteiger charge is 2.24. The Kier molecular flexibility index (Phi) is 5.64. The van der Waals surface area contributed by atoms with Crippen molar-refractivity contribution in [1.82, 2.24) is 24.6 Å². The summed E-state index contributed by atoms with van der Waals surface area (Å²) in [6, 6.07) is 7.64. The average Bonchev–Trinajstić information content (AvgIpc) is 3.05. The van der Waals surface area contributed by atoms with Crippen LogP contribution >= 0.6 is 0 Å². The molecule has 1 saturated heterocycles. The topological polar surface area (TPSA) is 94.1 Å². The number of hydrogen-bond donors (Lipinski definition) is 2. The van der Waals surface area contributed by atoms with Gasteiger partial charge < -0.3 is 20.7 Å². The summed E-state index contributed by atoms with van der Waals surface area (Å²) >= 11 is 0. The van der Waals surface area contributed by atoms with E-state index in [1.807, 2.05) is 35.9 Å². The lowest BCUT2D eigenvalue weighted by Crippen LogP contribution is -2.21. The summed E-state index contributed by atoms with van der Waals surface area (Å²) in [5, 5.41) is 9.23. The van der Waals surface area contributed by atoms with Crippen molar-refractivity contribution < 1.29 is 4.74 Å². The molecule has 8 heteroatoms. The second-order valence-corrected chi connectivity index (χ2v) is 7.80. The van der Waals surface area contributed by atoms with Crippen molar-refractivity contribution in [1.29, 1.82) is 0 Å². The molecule has 154 valence electrons. The van der Waals surface area contributed by atoms with Crippen LogP contribution in [0.2, 0.25) is 0 Å². The zero-order valence-corrected chi connectivity index (χ0v) is 17.4. The number of anilines is 2. The molecule has 4 rings (SSSR count). The zero-order valence-electron chi connectivity index (χ0n) is 17.4. The SMILES string of the molecule is Cc1nn(C2CCCCO2)c2nc(-c3ccc(N)cc3)nc(NCCN(C)C)c12. The van der Waals surface area contributed by atoms with E-state index >= 15 is 0 Å². The lowest BCUT2D eigenvalue weighted by Gasteiger charge is -2.23. The van der Waals surface area contributed by atoms with Crippen LogP contribution in [0.3, 0.4) is 0 Å². The van der Waals surface area contributed by atoms with Gasteiger partial charge in [0, 0.05) is 30.9 Å². The van der Waals surface area contributed by atoms with E-state index in [1.54, 1.807) is 0 Å². The van der Waals surface area contributed by atoms with Gasteiger partial charge in [0.2, 0.25) is 0 Å². The van der Waals surface area contributed by atoms with Crippen LogP contribution < -0.4 is 11.1 Å². The fourth-order valence-corrected chi connectivity index (χ4v) is 3.61. The molecule has 2 aromatic heterocycles. The van der Waals surface area contributed by atoms with Crippen molar-refractivity contribution >= 4 is 22.5 Å². The zero-order chi connectivity index (χ0) is 20.4. The van der Waals surface area contributed by atoms with Gasteiger partial charge in [0.1, 0.15) is 5.82 Å². The van der Waals surface area contributed by atoms with Crippen molar-refractivity contribution in [2.24, 2.45) is 0 Å². The third-order valence-corrected chi connectivity index (χ3v) is 5.18. The van der Waals surface area contributed by atoms with Crippen molar-refractivity contribution in [3.63, 3.8) is 0 Å². The fraction of sp³-hybridized carbons (Fsp3) is 0.476. The summed E-state index contributed by atoms with van der Waals surface area (Å²) in [6.07, 6.45) is 3.09. The Bertz CT molecular complexity index is 975. The molecule has 0 amide bonds. The van der Waals surface area contributed by atoms with Crippen LogP contribution in [0.25, 0.3) is 22.4 Å². The summed E-state index contributed by atoms with van der Waals surface area (Å²) in [5.74, 6) is 1.46. The van der Waals surface area contributed by atoms with E-state index in [2.05, 4.69) is 24.3 Å². The second-order valence-electron chi connectivity index (χ2n) is 7.80. The van der Waals surface area contributed by atoms with Gasteiger partial charge in [0.25, 0.3) is 0 Å². The maximum atomic E-state index is 6.00. The lowest BCUT2D eigenvalue weighted by molar-refractivity contribution is -0.0371. The Morgan fingerprint density at radius 2 is 2.00 bits per heavy atom. The van der Waals surface area contributed by atoms with Crippen LogP contribution in [0.15, 0.2) is 24.3 Å². The number of aryl methyl sites for hydroxylation is 1. The predicted molar refractivity (Wildman–Crippen MR) is 116 cm³/mol. The molecule has 1 unspecified atom stereocenters. The summed E-state index contributed by atoms with van der Waals surface area (Å²) in [7, 11) is 4.11. The Morgan fingerprint density at radius 3 is 2.69 bits per heavy atom. The molecule has 0 aliphatic carbocycles. The highest BCUT2D eigenvalue weighted by Crippen LogP contribution is 2.32. The van der Waals surface area contributed by atoms with E-state index in [0.717, 1.165) is 72.8 Å². The number of hydrogen-bond acceptors (Lipinski definition) is 7. The number of nitrogens with one attached hydrogen (secondary N) is 1. The third kappa shape index (κ3) is 4.18. The first-order valence-electron chi connectivity index (χ1n) is 10.2. The van der Waals surface area contributed by atoms with Crippen molar-refractivity contribution in [2.75, 3.05) is 44.8 Å². The molecule has 0 saturated carbocycles. The predicted octanol–water partition coefficient (Wildman–Crippen LogP) is 3.06. The van der Waals surface area contributed by atoms with E-state index < -0.39 is 0 Å². The average molecular weight is 396 g/mol. The molecule has 29 heavy (non-hydrogen) atoms. The summed E-state index contributed by atoms with van der Waals surface area (Å²) in [4.78, 5) is 11.9. The monoisotopic (exact) mass is 395 g/mol. The van der Waals surface area contributed by atoms with Gasteiger partial charge in [-0.3, -0.25) is 0 Å². The third-order valence-electron chi connectivity index (χ3n) is 5.18. The Hall–Kier alpha value is -2.71. The van der Waals surface area contributed by atoms with Crippen molar-refractivity contribution in [2.45, 2.75) is 32.4 Å². The maximum Gasteiger partial charge on any atom is 0.166 e. The Labute approximate surface area is 171 Å². The number of aromatic nitrogens is 4. The van der Waals surface area contributed by atoms with Crippen LogP contribution in [-0.2, 0) is 4.74 Å². The summed E-state index contributed by atoms with van der Waals surface area (Å²) in [5.41, 5.74) is 9.21. The number of nitrogens with zero attached hydrogens (tertiary/aromatic N) is 5. The molecule has 0 bridgehead atoms. The molecule has 1 fully saturated rings. The van der Waals surface area contributed by atoms with Crippen molar-refractivity contribution in [3.05, 3.63) is 30.0 Å². The number of rotatable bonds is 6. The molecule has 8 nitrogen and oxygen atoms in total. The van der Waals surface area contributed by atoms with E-state index in [0.29, 0.717) is 5.82 Å². The normalized spacial score (nSPS) is 17.2. The number of benzene rings is 1. The first kappa shape index (κ1) is 19.6. The van der Waals surface area contributed by atoms with Gasteiger partial charge in [0.15, 0.2) is 17.7 Å². The van der Waals surface area contributed by atoms with Crippen LogP contribution in [0.1, 0.15) is 31.2 Å². The van der Waals surface area contributed by atoms with Crippen LogP contribution in [0.4, 0.5) is 11.5 Å². The van der Waals surface area contributed by atoms with E-state index in [9.17, 15) is 0 Å².